The predicted molar refractivity (Wildman–Crippen MR) is 66.4 cm³/mol. The van der Waals surface area contributed by atoms with Gasteiger partial charge in [0.2, 0.25) is 0 Å². The van der Waals surface area contributed by atoms with E-state index in [0.29, 0.717) is 5.56 Å². The van der Waals surface area contributed by atoms with Crippen LogP contribution in [0.4, 0.5) is 5.69 Å². The van der Waals surface area contributed by atoms with Gasteiger partial charge in [-0.05, 0) is 30.7 Å². The second kappa shape index (κ2) is 5.17. The summed E-state index contributed by atoms with van der Waals surface area (Å²) in [5, 5.41) is 12.1. The quantitative estimate of drug-likeness (QED) is 0.842. The molecular formula is C13H14N4. The second-order valence-electron chi connectivity index (χ2n) is 3.77. The fourth-order valence-electron chi connectivity index (χ4n) is 1.67. The summed E-state index contributed by atoms with van der Waals surface area (Å²) in [7, 11) is 0. The number of anilines is 1. The molecule has 1 unspecified atom stereocenters. The zero-order valence-electron chi connectivity index (χ0n) is 9.64. The number of benzene rings is 1. The van der Waals surface area contributed by atoms with Crippen LogP contribution >= 0.6 is 0 Å². The standard InChI is InChI=1S/C13H14N4/c1-2-12(13-15-7-8-16-13)17-11-5-3-10(9-14)4-6-11/h3-8,12,17H,2H2,1H3,(H,15,16). The average Bonchev–Trinajstić information content (AvgIpc) is 2.90. The summed E-state index contributed by atoms with van der Waals surface area (Å²) in [5.74, 6) is 0.928. The van der Waals surface area contributed by atoms with Crippen molar-refractivity contribution in [1.29, 1.82) is 5.26 Å². The van der Waals surface area contributed by atoms with Gasteiger partial charge in [-0.1, -0.05) is 6.92 Å². The molecule has 0 saturated carbocycles. The van der Waals surface area contributed by atoms with Crippen molar-refractivity contribution < 1.29 is 0 Å². The molecule has 2 rings (SSSR count). The third kappa shape index (κ3) is 2.64. The van der Waals surface area contributed by atoms with Gasteiger partial charge in [0.05, 0.1) is 17.7 Å². The number of rotatable bonds is 4. The molecule has 17 heavy (non-hydrogen) atoms. The lowest BCUT2D eigenvalue weighted by molar-refractivity contribution is 0.704. The van der Waals surface area contributed by atoms with Gasteiger partial charge in [0.25, 0.3) is 0 Å². The minimum Gasteiger partial charge on any atom is -0.375 e. The first kappa shape index (κ1) is 11.2. The Balaban J connectivity index is 2.11. The van der Waals surface area contributed by atoms with Crippen LogP contribution in [0.3, 0.4) is 0 Å². The van der Waals surface area contributed by atoms with Gasteiger partial charge in [-0.15, -0.1) is 0 Å². The number of aromatic amines is 1. The minimum absolute atomic E-state index is 0.165. The number of nitriles is 1. The normalized spacial score (nSPS) is 11.8. The SMILES string of the molecule is CCC(Nc1ccc(C#N)cc1)c1ncc[nH]1. The number of imidazole rings is 1. The predicted octanol–water partition coefficient (Wildman–Crippen LogP) is 2.84. The molecule has 0 fully saturated rings. The molecule has 4 heteroatoms. The number of H-pyrrole nitrogens is 1. The highest BCUT2D eigenvalue weighted by Crippen LogP contribution is 2.19. The largest absolute Gasteiger partial charge is 0.375 e. The fourth-order valence-corrected chi connectivity index (χ4v) is 1.67. The van der Waals surface area contributed by atoms with E-state index in [4.69, 9.17) is 5.26 Å². The third-order valence-electron chi connectivity index (χ3n) is 2.61. The van der Waals surface area contributed by atoms with Crippen LogP contribution in [0.1, 0.15) is 30.8 Å². The molecule has 0 bridgehead atoms. The van der Waals surface area contributed by atoms with Crippen molar-refractivity contribution in [2.24, 2.45) is 0 Å². The van der Waals surface area contributed by atoms with Crippen LogP contribution in [0.2, 0.25) is 0 Å². The Kier molecular flexibility index (Phi) is 3.41. The maximum Gasteiger partial charge on any atom is 0.128 e. The highest BCUT2D eigenvalue weighted by molar-refractivity contribution is 5.48. The molecular weight excluding hydrogens is 212 g/mol. The number of nitrogens with one attached hydrogen (secondary N) is 2. The van der Waals surface area contributed by atoms with E-state index >= 15 is 0 Å². The van der Waals surface area contributed by atoms with Gasteiger partial charge in [0, 0.05) is 18.1 Å². The Hall–Kier alpha value is -2.28. The van der Waals surface area contributed by atoms with Crippen LogP contribution in [0.5, 0.6) is 0 Å². The van der Waals surface area contributed by atoms with E-state index in [1.807, 2.05) is 18.3 Å². The highest BCUT2D eigenvalue weighted by atomic mass is 15.0. The van der Waals surface area contributed by atoms with Gasteiger partial charge < -0.3 is 10.3 Å². The molecule has 0 spiro atoms. The van der Waals surface area contributed by atoms with Crippen LogP contribution in [-0.4, -0.2) is 9.97 Å². The zero-order chi connectivity index (χ0) is 12.1. The van der Waals surface area contributed by atoms with E-state index in [1.165, 1.54) is 0 Å². The molecule has 0 aliphatic rings. The average molecular weight is 226 g/mol. The van der Waals surface area contributed by atoms with Gasteiger partial charge in [0.15, 0.2) is 0 Å². The van der Waals surface area contributed by atoms with E-state index in [-0.39, 0.29) is 6.04 Å². The van der Waals surface area contributed by atoms with Crippen molar-refractivity contribution in [2.45, 2.75) is 19.4 Å². The van der Waals surface area contributed by atoms with E-state index in [1.54, 1.807) is 18.3 Å². The van der Waals surface area contributed by atoms with Crippen LogP contribution in [0.15, 0.2) is 36.7 Å². The van der Waals surface area contributed by atoms with Crippen molar-refractivity contribution in [3.63, 3.8) is 0 Å². The van der Waals surface area contributed by atoms with Crippen molar-refractivity contribution >= 4 is 5.69 Å². The molecule has 4 nitrogen and oxygen atoms in total. The monoisotopic (exact) mass is 226 g/mol. The van der Waals surface area contributed by atoms with Crippen molar-refractivity contribution in [1.82, 2.24) is 9.97 Å². The van der Waals surface area contributed by atoms with Crippen LogP contribution in [0.25, 0.3) is 0 Å². The van der Waals surface area contributed by atoms with E-state index in [2.05, 4.69) is 28.3 Å². The summed E-state index contributed by atoms with van der Waals surface area (Å²) >= 11 is 0. The molecule has 1 atom stereocenters. The summed E-state index contributed by atoms with van der Waals surface area (Å²) in [6, 6.07) is 9.69. The summed E-state index contributed by atoms with van der Waals surface area (Å²) in [6.45, 7) is 2.10. The smallest absolute Gasteiger partial charge is 0.128 e. The molecule has 2 N–H and O–H groups in total. The van der Waals surface area contributed by atoms with Gasteiger partial charge in [0.1, 0.15) is 5.82 Å². The van der Waals surface area contributed by atoms with Crippen LogP contribution < -0.4 is 5.32 Å². The number of nitrogens with zero attached hydrogens (tertiary/aromatic N) is 2. The molecule has 0 amide bonds. The Morgan fingerprint density at radius 2 is 2.18 bits per heavy atom. The third-order valence-corrected chi connectivity index (χ3v) is 2.61. The first-order valence-electron chi connectivity index (χ1n) is 5.59. The Morgan fingerprint density at radius 3 is 2.71 bits per heavy atom. The van der Waals surface area contributed by atoms with E-state index in [9.17, 15) is 0 Å². The van der Waals surface area contributed by atoms with Crippen molar-refractivity contribution in [2.75, 3.05) is 5.32 Å². The number of aromatic nitrogens is 2. The Morgan fingerprint density at radius 1 is 1.41 bits per heavy atom. The molecule has 1 aromatic heterocycles. The van der Waals surface area contributed by atoms with Gasteiger partial charge >= 0.3 is 0 Å². The Bertz CT molecular complexity index is 493. The maximum atomic E-state index is 8.72. The van der Waals surface area contributed by atoms with E-state index in [0.717, 1.165) is 17.9 Å². The molecule has 86 valence electrons. The summed E-state index contributed by atoms with van der Waals surface area (Å²) < 4.78 is 0. The lowest BCUT2D eigenvalue weighted by atomic mass is 10.1. The first-order chi connectivity index (χ1) is 8.33. The summed E-state index contributed by atoms with van der Waals surface area (Å²) in [4.78, 5) is 7.35. The Labute approximate surface area is 100 Å². The summed E-state index contributed by atoms with van der Waals surface area (Å²) in [6.07, 6.45) is 4.50. The van der Waals surface area contributed by atoms with Crippen LogP contribution in [-0.2, 0) is 0 Å². The maximum absolute atomic E-state index is 8.72. The van der Waals surface area contributed by atoms with Gasteiger partial charge in [-0.25, -0.2) is 4.98 Å². The zero-order valence-corrected chi connectivity index (χ0v) is 9.64. The fraction of sp³-hybridized carbons (Fsp3) is 0.231. The van der Waals surface area contributed by atoms with E-state index < -0.39 is 0 Å². The van der Waals surface area contributed by atoms with Crippen molar-refractivity contribution in [3.05, 3.63) is 48.0 Å². The minimum atomic E-state index is 0.165. The molecule has 0 aliphatic heterocycles. The number of hydrogen-bond donors (Lipinski definition) is 2. The number of hydrogen-bond acceptors (Lipinski definition) is 3. The van der Waals surface area contributed by atoms with Gasteiger partial charge in [-0.3, -0.25) is 0 Å². The molecule has 1 heterocycles. The molecule has 1 aromatic carbocycles. The molecule has 0 saturated heterocycles. The molecule has 0 radical (unpaired) electrons. The molecule has 0 aliphatic carbocycles. The highest BCUT2D eigenvalue weighted by Gasteiger charge is 2.10. The van der Waals surface area contributed by atoms with Crippen molar-refractivity contribution in [3.8, 4) is 6.07 Å². The summed E-state index contributed by atoms with van der Waals surface area (Å²) in [5.41, 5.74) is 1.66. The topological polar surface area (TPSA) is 64.5 Å². The molecule has 2 aromatic rings. The second-order valence-corrected chi connectivity index (χ2v) is 3.77. The lowest BCUT2D eigenvalue weighted by Gasteiger charge is -2.15. The first-order valence-corrected chi connectivity index (χ1v) is 5.59. The lowest BCUT2D eigenvalue weighted by Crippen LogP contribution is -2.11. The van der Waals surface area contributed by atoms with Gasteiger partial charge in [-0.2, -0.15) is 5.26 Å². The van der Waals surface area contributed by atoms with Crippen LogP contribution in [0, 0.1) is 11.3 Å².